The van der Waals surface area contributed by atoms with Gasteiger partial charge >= 0.3 is 0 Å². The van der Waals surface area contributed by atoms with Crippen molar-refractivity contribution in [2.45, 2.75) is 6.42 Å². The third-order valence-corrected chi connectivity index (χ3v) is 2.13. The molecule has 0 bridgehead atoms. The van der Waals surface area contributed by atoms with Gasteiger partial charge in [0.2, 0.25) is 5.95 Å². The molecule has 78 valence electrons. The molecule has 0 spiro atoms. The van der Waals surface area contributed by atoms with E-state index in [1.54, 1.807) is 0 Å². The second kappa shape index (κ2) is 3.49. The average molecular weight is 204 g/mol. The largest absolute Gasteiger partial charge is 0.399 e. The minimum absolute atomic E-state index is 0.209. The van der Waals surface area contributed by atoms with Gasteiger partial charge in [-0.15, -0.1) is 10.2 Å². The second-order valence-corrected chi connectivity index (χ2v) is 3.26. The molecule has 15 heavy (non-hydrogen) atoms. The lowest BCUT2D eigenvalue weighted by Crippen LogP contribution is -2.15. The maximum absolute atomic E-state index is 5.62. The first-order valence-electron chi connectivity index (χ1n) is 4.46. The molecule has 6 nitrogen and oxygen atoms in total. The fourth-order valence-electron chi connectivity index (χ4n) is 1.28. The maximum Gasteiger partial charge on any atom is 0.240 e. The van der Waals surface area contributed by atoms with Gasteiger partial charge in [-0.3, -0.25) is 0 Å². The molecule has 0 unspecified atom stereocenters. The minimum Gasteiger partial charge on any atom is -0.399 e. The Kier molecular flexibility index (Phi) is 2.17. The molecule has 0 atom stereocenters. The fourth-order valence-corrected chi connectivity index (χ4v) is 1.28. The summed E-state index contributed by atoms with van der Waals surface area (Å²) in [6, 6.07) is 7.49. The smallest absolute Gasteiger partial charge is 0.240 e. The molecule has 6 heteroatoms. The normalized spacial score (nSPS) is 10.4. The lowest BCUT2D eigenvalue weighted by molar-refractivity contribution is 0.879. The van der Waals surface area contributed by atoms with Crippen LogP contribution in [0.5, 0.6) is 0 Å². The number of benzene rings is 1. The molecule has 0 radical (unpaired) electrons. The van der Waals surface area contributed by atoms with Crippen molar-refractivity contribution in [3.8, 4) is 0 Å². The highest BCUT2D eigenvalue weighted by Gasteiger charge is 2.06. The number of anilines is 2. The van der Waals surface area contributed by atoms with Crippen LogP contribution in [0.25, 0.3) is 0 Å². The Hall–Kier alpha value is -2.24. The number of nitrogens with zero attached hydrogens (tertiary/aromatic N) is 3. The van der Waals surface area contributed by atoms with E-state index in [2.05, 4.69) is 10.2 Å². The van der Waals surface area contributed by atoms with Gasteiger partial charge in [-0.05, 0) is 17.7 Å². The van der Waals surface area contributed by atoms with Gasteiger partial charge in [-0.2, -0.15) is 0 Å². The number of nitrogen functional groups attached to an aromatic ring is 3. The number of hydrogen-bond acceptors (Lipinski definition) is 5. The molecule has 0 aliphatic heterocycles. The Bertz CT molecular complexity index is 458. The van der Waals surface area contributed by atoms with E-state index in [0.717, 1.165) is 11.3 Å². The summed E-state index contributed by atoms with van der Waals surface area (Å²) in [5.41, 5.74) is 12.8. The Morgan fingerprint density at radius 3 is 2.27 bits per heavy atom. The summed E-state index contributed by atoms with van der Waals surface area (Å²) in [5, 5.41) is 7.54. The Balaban J connectivity index is 2.22. The van der Waals surface area contributed by atoms with Crippen molar-refractivity contribution in [1.29, 1.82) is 0 Å². The van der Waals surface area contributed by atoms with Crippen LogP contribution in [0, 0.1) is 0 Å². The Morgan fingerprint density at radius 2 is 1.73 bits per heavy atom. The molecule has 0 aliphatic rings. The first-order chi connectivity index (χ1) is 7.16. The van der Waals surface area contributed by atoms with E-state index in [1.165, 1.54) is 4.68 Å². The fraction of sp³-hybridized carbons (Fsp3) is 0.111. The number of rotatable bonds is 2. The van der Waals surface area contributed by atoms with Crippen molar-refractivity contribution >= 4 is 11.6 Å². The van der Waals surface area contributed by atoms with Crippen molar-refractivity contribution in [2.24, 2.45) is 0 Å². The van der Waals surface area contributed by atoms with E-state index < -0.39 is 0 Å². The van der Waals surface area contributed by atoms with Crippen molar-refractivity contribution in [1.82, 2.24) is 14.9 Å². The molecule has 0 saturated heterocycles. The quantitative estimate of drug-likeness (QED) is 0.461. The zero-order valence-corrected chi connectivity index (χ0v) is 8.09. The van der Waals surface area contributed by atoms with E-state index in [-0.39, 0.29) is 5.95 Å². The summed E-state index contributed by atoms with van der Waals surface area (Å²) >= 11 is 0. The van der Waals surface area contributed by atoms with Gasteiger partial charge in [-0.25, -0.2) is 4.68 Å². The molecule has 1 heterocycles. The lowest BCUT2D eigenvalue weighted by Gasteiger charge is -2.01. The van der Waals surface area contributed by atoms with Crippen LogP contribution in [-0.4, -0.2) is 14.9 Å². The molecule has 0 fully saturated rings. The van der Waals surface area contributed by atoms with Crippen molar-refractivity contribution in [3.05, 3.63) is 35.7 Å². The monoisotopic (exact) mass is 204 g/mol. The molecular formula is C9H12N6. The molecule has 2 aromatic rings. The van der Waals surface area contributed by atoms with Gasteiger partial charge in [0.1, 0.15) is 0 Å². The van der Waals surface area contributed by atoms with Gasteiger partial charge < -0.3 is 17.3 Å². The zero-order chi connectivity index (χ0) is 10.8. The van der Waals surface area contributed by atoms with E-state index in [1.807, 2.05) is 24.3 Å². The molecule has 2 rings (SSSR count). The highest BCUT2D eigenvalue weighted by atomic mass is 15.4. The summed E-state index contributed by atoms with van der Waals surface area (Å²) in [4.78, 5) is 0. The number of nitrogens with two attached hydrogens (primary N) is 3. The van der Waals surface area contributed by atoms with Crippen LogP contribution in [0.1, 0.15) is 11.4 Å². The van der Waals surface area contributed by atoms with Crippen LogP contribution >= 0.6 is 0 Å². The SMILES string of the molecule is Nc1ccc(Cc2nnc(N)n2N)cc1. The van der Waals surface area contributed by atoms with E-state index in [0.29, 0.717) is 12.2 Å². The Labute approximate surface area is 86.7 Å². The summed E-state index contributed by atoms with van der Waals surface area (Å²) < 4.78 is 1.27. The molecule has 0 aliphatic carbocycles. The van der Waals surface area contributed by atoms with E-state index in [9.17, 15) is 0 Å². The number of aromatic nitrogens is 3. The summed E-state index contributed by atoms with van der Waals surface area (Å²) in [7, 11) is 0. The third-order valence-electron chi connectivity index (χ3n) is 2.13. The van der Waals surface area contributed by atoms with Crippen LogP contribution in [0.4, 0.5) is 11.6 Å². The van der Waals surface area contributed by atoms with Gasteiger partial charge in [0.15, 0.2) is 5.82 Å². The average Bonchev–Trinajstić information content (AvgIpc) is 2.53. The summed E-state index contributed by atoms with van der Waals surface area (Å²) in [5.74, 6) is 6.45. The van der Waals surface area contributed by atoms with Crippen LogP contribution in [0.3, 0.4) is 0 Å². The zero-order valence-electron chi connectivity index (χ0n) is 8.09. The van der Waals surface area contributed by atoms with E-state index >= 15 is 0 Å². The van der Waals surface area contributed by atoms with Gasteiger partial charge in [-0.1, -0.05) is 12.1 Å². The standard InChI is InChI=1S/C9H12N6/c10-7-3-1-6(2-4-7)5-8-13-14-9(11)15(8)12/h1-4H,5,10,12H2,(H2,11,14). The molecule has 6 N–H and O–H groups in total. The predicted molar refractivity (Wildman–Crippen MR) is 58.2 cm³/mol. The Morgan fingerprint density at radius 1 is 1.07 bits per heavy atom. The molecular weight excluding hydrogens is 192 g/mol. The molecule has 0 saturated carbocycles. The van der Waals surface area contributed by atoms with E-state index in [4.69, 9.17) is 17.3 Å². The van der Waals surface area contributed by atoms with Crippen molar-refractivity contribution in [3.63, 3.8) is 0 Å². The van der Waals surface area contributed by atoms with Gasteiger partial charge in [0.05, 0.1) is 0 Å². The van der Waals surface area contributed by atoms with Gasteiger partial charge in [0.25, 0.3) is 0 Å². The van der Waals surface area contributed by atoms with Crippen LogP contribution in [-0.2, 0) is 6.42 Å². The maximum atomic E-state index is 5.62. The van der Waals surface area contributed by atoms with Crippen molar-refractivity contribution in [2.75, 3.05) is 17.3 Å². The molecule has 0 amide bonds. The summed E-state index contributed by atoms with van der Waals surface area (Å²) in [6.45, 7) is 0. The van der Waals surface area contributed by atoms with Crippen LogP contribution in [0.2, 0.25) is 0 Å². The van der Waals surface area contributed by atoms with Crippen LogP contribution in [0.15, 0.2) is 24.3 Å². The first kappa shape index (κ1) is 9.32. The summed E-state index contributed by atoms with van der Waals surface area (Å²) in [6.07, 6.45) is 0.584. The first-order valence-corrected chi connectivity index (χ1v) is 4.46. The topological polar surface area (TPSA) is 109 Å². The predicted octanol–water partition coefficient (Wildman–Crippen LogP) is -0.253. The van der Waals surface area contributed by atoms with Gasteiger partial charge in [0, 0.05) is 12.1 Å². The minimum atomic E-state index is 0.209. The third kappa shape index (κ3) is 1.83. The molecule has 1 aromatic heterocycles. The highest BCUT2D eigenvalue weighted by molar-refractivity contribution is 5.40. The molecule has 1 aromatic carbocycles. The second-order valence-electron chi connectivity index (χ2n) is 3.26. The number of hydrogen-bond donors (Lipinski definition) is 3. The lowest BCUT2D eigenvalue weighted by atomic mass is 10.1. The van der Waals surface area contributed by atoms with Crippen LogP contribution < -0.4 is 17.3 Å². The highest BCUT2D eigenvalue weighted by Crippen LogP contribution is 2.10. The van der Waals surface area contributed by atoms with Crippen molar-refractivity contribution < 1.29 is 0 Å².